The third-order valence-corrected chi connectivity index (χ3v) is 7.40. The third-order valence-electron chi connectivity index (χ3n) is 7.40. The molecule has 36 heavy (non-hydrogen) atoms. The van der Waals surface area contributed by atoms with Crippen molar-refractivity contribution < 1.29 is 14.6 Å². The van der Waals surface area contributed by atoms with Crippen molar-refractivity contribution in [2.75, 3.05) is 26.7 Å². The zero-order chi connectivity index (χ0) is 24.5. The van der Waals surface area contributed by atoms with E-state index < -0.39 is 5.60 Å². The zero-order valence-electron chi connectivity index (χ0n) is 21.1. The highest BCUT2D eigenvalue weighted by Gasteiger charge is 2.41. The highest BCUT2D eigenvalue weighted by atomic mass is 35.5. The molecule has 0 radical (unpaired) electrons. The molecule has 1 saturated heterocycles. The predicted molar refractivity (Wildman–Crippen MR) is 148 cm³/mol. The van der Waals surface area contributed by atoms with Gasteiger partial charge in [-0.15, -0.1) is 12.4 Å². The number of benzene rings is 3. The van der Waals surface area contributed by atoms with Crippen LogP contribution in [0, 0.1) is 5.92 Å². The number of rotatable bonds is 11. The van der Waals surface area contributed by atoms with E-state index in [0.29, 0.717) is 6.42 Å². The molecule has 0 saturated carbocycles. The second kappa shape index (κ2) is 13.6. The van der Waals surface area contributed by atoms with Crippen LogP contribution in [0.5, 0.6) is 5.75 Å². The Morgan fingerprint density at radius 2 is 1.42 bits per heavy atom. The monoisotopic (exact) mass is 507 g/mol. The molecule has 1 fully saturated rings. The lowest BCUT2D eigenvalue weighted by molar-refractivity contribution is -0.0143. The largest absolute Gasteiger partial charge is 0.497 e. The molecule has 0 amide bonds. The molecule has 3 aromatic rings. The van der Waals surface area contributed by atoms with Gasteiger partial charge < -0.3 is 14.7 Å². The van der Waals surface area contributed by atoms with E-state index in [4.69, 9.17) is 4.74 Å². The Kier molecular flexibility index (Phi) is 10.5. The number of hydrogen-bond acceptors (Lipinski definition) is 4. The van der Waals surface area contributed by atoms with Gasteiger partial charge in [0.25, 0.3) is 0 Å². The average molecular weight is 508 g/mol. The number of methoxy groups -OCH3 is 1. The predicted octanol–water partition coefficient (Wildman–Crippen LogP) is 6.51. The number of carbonyl (C=O) groups excluding carboxylic acids is 1. The van der Waals surface area contributed by atoms with Gasteiger partial charge in [-0.1, -0.05) is 67.1 Å². The van der Waals surface area contributed by atoms with E-state index >= 15 is 0 Å². The minimum atomic E-state index is -0.962. The standard InChI is InChI=1S/C31H37NO3.ClH/c1-35-29-18-16-25(17-19-29)30(33)15-9-4-10-22-32-23-20-28(21-24-32)31(34,26-11-5-2-6-12-26)27-13-7-3-8-14-27;/h2-3,5-8,11-14,16-19,28,34H,4,9-10,15,20-24H2,1H3;1H. The Morgan fingerprint density at radius 3 is 1.94 bits per heavy atom. The molecule has 0 aliphatic carbocycles. The molecular formula is C31H38ClNO3. The van der Waals surface area contributed by atoms with Crippen LogP contribution >= 0.6 is 12.4 Å². The topological polar surface area (TPSA) is 49.8 Å². The van der Waals surface area contributed by atoms with E-state index in [2.05, 4.69) is 4.90 Å². The van der Waals surface area contributed by atoms with Crippen molar-refractivity contribution in [3.63, 3.8) is 0 Å². The van der Waals surface area contributed by atoms with Crippen LogP contribution in [0.15, 0.2) is 84.9 Å². The van der Waals surface area contributed by atoms with Crippen LogP contribution in [0.1, 0.15) is 60.0 Å². The van der Waals surface area contributed by atoms with Gasteiger partial charge in [0.2, 0.25) is 0 Å². The van der Waals surface area contributed by atoms with Crippen molar-refractivity contribution in [2.24, 2.45) is 5.92 Å². The Balaban J connectivity index is 0.00000361. The molecule has 1 N–H and O–H groups in total. The van der Waals surface area contributed by atoms with Gasteiger partial charge in [0.15, 0.2) is 5.78 Å². The lowest BCUT2D eigenvalue weighted by Gasteiger charge is -2.42. The van der Waals surface area contributed by atoms with Gasteiger partial charge in [0, 0.05) is 12.0 Å². The Morgan fingerprint density at radius 1 is 0.861 bits per heavy atom. The van der Waals surface area contributed by atoms with Crippen LogP contribution in [0.3, 0.4) is 0 Å². The molecule has 0 spiro atoms. The smallest absolute Gasteiger partial charge is 0.162 e. The summed E-state index contributed by atoms with van der Waals surface area (Å²) < 4.78 is 5.16. The average Bonchev–Trinajstić information content (AvgIpc) is 2.93. The molecule has 4 nitrogen and oxygen atoms in total. The molecule has 1 aliphatic rings. The summed E-state index contributed by atoms with van der Waals surface area (Å²) >= 11 is 0. The number of ketones is 1. The van der Waals surface area contributed by atoms with Crippen LogP contribution in [0.2, 0.25) is 0 Å². The number of likely N-dealkylation sites (tertiary alicyclic amines) is 1. The Bertz CT molecular complexity index is 1010. The second-order valence-electron chi connectivity index (χ2n) is 9.58. The number of carbonyl (C=O) groups is 1. The van der Waals surface area contributed by atoms with E-state index in [0.717, 1.165) is 74.2 Å². The molecule has 3 aromatic carbocycles. The maximum absolute atomic E-state index is 12.4. The lowest BCUT2D eigenvalue weighted by Crippen LogP contribution is -2.44. The molecule has 1 aliphatic heterocycles. The van der Waals surface area contributed by atoms with Crippen LogP contribution in [-0.4, -0.2) is 42.5 Å². The minimum Gasteiger partial charge on any atom is -0.497 e. The van der Waals surface area contributed by atoms with E-state index in [1.165, 1.54) is 0 Å². The summed E-state index contributed by atoms with van der Waals surface area (Å²) in [4.78, 5) is 14.9. The second-order valence-corrected chi connectivity index (χ2v) is 9.58. The zero-order valence-corrected chi connectivity index (χ0v) is 22.0. The lowest BCUT2D eigenvalue weighted by atomic mass is 9.72. The van der Waals surface area contributed by atoms with Crippen LogP contribution in [0.4, 0.5) is 0 Å². The van der Waals surface area contributed by atoms with Crippen molar-refractivity contribution >= 4 is 18.2 Å². The van der Waals surface area contributed by atoms with Crippen molar-refractivity contribution in [2.45, 2.75) is 44.1 Å². The van der Waals surface area contributed by atoms with Gasteiger partial charge >= 0.3 is 0 Å². The minimum absolute atomic E-state index is 0. The van der Waals surface area contributed by atoms with Crippen molar-refractivity contribution in [3.8, 4) is 5.75 Å². The maximum Gasteiger partial charge on any atom is 0.162 e. The van der Waals surface area contributed by atoms with Gasteiger partial charge in [-0.25, -0.2) is 0 Å². The molecule has 5 heteroatoms. The highest BCUT2D eigenvalue weighted by Crippen LogP contribution is 2.41. The first kappa shape index (κ1) is 27.9. The van der Waals surface area contributed by atoms with Gasteiger partial charge in [-0.2, -0.15) is 0 Å². The van der Waals surface area contributed by atoms with Crippen LogP contribution in [-0.2, 0) is 5.60 Å². The molecular weight excluding hydrogens is 470 g/mol. The van der Waals surface area contributed by atoms with Gasteiger partial charge in [-0.05, 0) is 86.6 Å². The number of nitrogens with zero attached hydrogens (tertiary/aromatic N) is 1. The van der Waals surface area contributed by atoms with Crippen molar-refractivity contribution in [3.05, 3.63) is 102 Å². The van der Waals surface area contributed by atoms with E-state index in [9.17, 15) is 9.90 Å². The normalized spacial score (nSPS) is 14.7. The van der Waals surface area contributed by atoms with Crippen molar-refractivity contribution in [1.82, 2.24) is 4.90 Å². The van der Waals surface area contributed by atoms with E-state index in [1.807, 2.05) is 84.9 Å². The number of Topliss-reactive ketones (excluding diaryl/α,β-unsaturated/α-hetero) is 1. The molecule has 192 valence electrons. The number of ether oxygens (including phenoxy) is 1. The molecule has 0 unspecified atom stereocenters. The SMILES string of the molecule is COc1ccc(C(=O)CCCCCN2CCC(C(O)(c3ccccc3)c3ccccc3)CC2)cc1.Cl. The Hall–Kier alpha value is -2.66. The van der Waals surface area contributed by atoms with Crippen molar-refractivity contribution in [1.29, 1.82) is 0 Å². The van der Waals surface area contributed by atoms with Crippen LogP contribution < -0.4 is 4.74 Å². The fourth-order valence-corrected chi connectivity index (χ4v) is 5.32. The summed E-state index contributed by atoms with van der Waals surface area (Å²) in [6, 6.07) is 27.6. The number of unbranched alkanes of at least 4 members (excludes halogenated alkanes) is 2. The first-order valence-electron chi connectivity index (χ1n) is 12.8. The van der Waals surface area contributed by atoms with Gasteiger partial charge in [0.05, 0.1) is 7.11 Å². The molecule has 0 aromatic heterocycles. The fourth-order valence-electron chi connectivity index (χ4n) is 5.32. The third kappa shape index (κ3) is 6.76. The first-order chi connectivity index (χ1) is 17.1. The summed E-state index contributed by atoms with van der Waals surface area (Å²) in [5.74, 6) is 1.16. The Labute approximate surface area is 221 Å². The number of hydrogen-bond donors (Lipinski definition) is 1. The number of halogens is 1. The maximum atomic E-state index is 12.4. The molecule has 0 bridgehead atoms. The number of piperidine rings is 1. The summed E-state index contributed by atoms with van der Waals surface area (Å²) in [6.07, 6.45) is 5.60. The summed E-state index contributed by atoms with van der Waals surface area (Å²) in [7, 11) is 1.63. The number of aliphatic hydroxyl groups is 1. The van der Waals surface area contributed by atoms with Gasteiger partial charge in [0.1, 0.15) is 11.4 Å². The molecule has 4 rings (SSSR count). The van der Waals surface area contributed by atoms with E-state index in [1.54, 1.807) is 7.11 Å². The summed E-state index contributed by atoms with van der Waals surface area (Å²) in [6.45, 7) is 3.05. The first-order valence-corrected chi connectivity index (χ1v) is 12.8. The molecule has 0 atom stereocenters. The fraction of sp³-hybridized carbons (Fsp3) is 0.387. The highest BCUT2D eigenvalue weighted by molar-refractivity contribution is 5.96. The van der Waals surface area contributed by atoms with Crippen LogP contribution in [0.25, 0.3) is 0 Å². The summed E-state index contributed by atoms with van der Waals surface area (Å²) in [5, 5.41) is 12.0. The van der Waals surface area contributed by atoms with E-state index in [-0.39, 0.29) is 24.1 Å². The summed E-state index contributed by atoms with van der Waals surface area (Å²) in [5.41, 5.74) is 1.76. The molecule has 1 heterocycles. The quantitative estimate of drug-likeness (QED) is 0.237. The van der Waals surface area contributed by atoms with Gasteiger partial charge in [-0.3, -0.25) is 4.79 Å².